The monoisotopic (exact) mass is 291 g/mol. The molecule has 0 saturated heterocycles. The van der Waals surface area contributed by atoms with Crippen molar-refractivity contribution in [2.75, 3.05) is 13.2 Å². The molecule has 2 aromatic rings. The van der Waals surface area contributed by atoms with Gasteiger partial charge in [0.25, 0.3) is 0 Å². The third kappa shape index (κ3) is 3.81. The van der Waals surface area contributed by atoms with Crippen molar-refractivity contribution < 1.29 is 15.0 Å². The average Bonchev–Trinajstić information content (AvgIpc) is 2.88. The number of carbonyl (C=O) groups is 1. The van der Waals surface area contributed by atoms with E-state index in [1.54, 1.807) is 0 Å². The van der Waals surface area contributed by atoms with E-state index in [2.05, 4.69) is 10.3 Å². The Morgan fingerprint density at radius 1 is 1.48 bits per heavy atom. The van der Waals surface area contributed by atoms with Crippen molar-refractivity contribution in [2.45, 2.75) is 25.0 Å². The van der Waals surface area contributed by atoms with Crippen LogP contribution in [0.5, 0.6) is 0 Å². The minimum Gasteiger partial charge on any atom is -0.393 e. The molecule has 1 heterocycles. The molecule has 0 spiro atoms. The van der Waals surface area contributed by atoms with Crippen LogP contribution in [0.2, 0.25) is 0 Å². The number of nitrogens with one attached hydrogen (secondary N) is 2. The molecule has 6 heteroatoms. The smallest absolute Gasteiger partial charge is 0.237 e. The molecule has 0 aliphatic heterocycles. The first-order chi connectivity index (χ1) is 9.93. The average molecular weight is 291 g/mol. The predicted octanol–water partition coefficient (Wildman–Crippen LogP) is -0.103. The van der Waals surface area contributed by atoms with Crippen LogP contribution in [0, 0.1) is 0 Å². The molecule has 0 aliphatic carbocycles. The lowest BCUT2D eigenvalue weighted by Gasteiger charge is -2.21. The molecule has 1 aromatic carbocycles. The van der Waals surface area contributed by atoms with Crippen molar-refractivity contribution in [3.8, 4) is 0 Å². The van der Waals surface area contributed by atoms with Gasteiger partial charge in [-0.2, -0.15) is 0 Å². The molecule has 0 bridgehead atoms. The number of rotatable bonds is 6. The lowest BCUT2D eigenvalue weighted by molar-refractivity contribution is -0.123. The minimum absolute atomic E-state index is 0.0378. The Hall–Kier alpha value is -1.89. The first kappa shape index (κ1) is 15.5. The van der Waals surface area contributed by atoms with Gasteiger partial charge in [-0.3, -0.25) is 4.79 Å². The standard InChI is InChI=1S/C15H21N3O3/c1-15(21,9-19)8-18-14(20)12(16)6-10-7-17-13-5-3-2-4-11(10)13/h2-5,7,12,17,19,21H,6,8-9,16H2,1H3,(H,18,20)/t12-,15?/m0/s1. The van der Waals surface area contributed by atoms with Gasteiger partial charge in [-0.25, -0.2) is 0 Å². The second kappa shape index (κ2) is 6.26. The molecule has 0 saturated carbocycles. The first-order valence-corrected chi connectivity index (χ1v) is 6.84. The van der Waals surface area contributed by atoms with E-state index in [1.165, 1.54) is 6.92 Å². The highest BCUT2D eigenvalue weighted by Gasteiger charge is 2.22. The summed E-state index contributed by atoms with van der Waals surface area (Å²) in [5.74, 6) is -0.353. The number of aliphatic hydroxyl groups is 2. The van der Waals surface area contributed by atoms with Gasteiger partial charge in [0.2, 0.25) is 5.91 Å². The Kier molecular flexibility index (Phi) is 4.62. The molecule has 1 amide bonds. The summed E-state index contributed by atoms with van der Waals surface area (Å²) in [6.07, 6.45) is 2.25. The van der Waals surface area contributed by atoms with E-state index >= 15 is 0 Å². The zero-order valence-electron chi connectivity index (χ0n) is 12.0. The summed E-state index contributed by atoms with van der Waals surface area (Å²) in [5.41, 5.74) is 6.54. The molecule has 1 aromatic heterocycles. The van der Waals surface area contributed by atoms with Crippen LogP contribution in [0.25, 0.3) is 10.9 Å². The van der Waals surface area contributed by atoms with Gasteiger partial charge >= 0.3 is 0 Å². The van der Waals surface area contributed by atoms with Crippen LogP contribution in [-0.4, -0.2) is 45.9 Å². The molecule has 6 nitrogen and oxygen atoms in total. The molecular formula is C15H21N3O3. The second-order valence-corrected chi connectivity index (χ2v) is 5.54. The van der Waals surface area contributed by atoms with Gasteiger partial charge in [0.1, 0.15) is 5.60 Å². The zero-order chi connectivity index (χ0) is 15.5. The molecule has 21 heavy (non-hydrogen) atoms. The number of benzene rings is 1. The SMILES string of the molecule is CC(O)(CO)CNC(=O)[C@@H](N)Cc1c[nH]c2ccccc12. The Morgan fingerprint density at radius 2 is 2.19 bits per heavy atom. The number of hydrogen-bond donors (Lipinski definition) is 5. The topological polar surface area (TPSA) is 111 Å². The molecule has 0 fully saturated rings. The van der Waals surface area contributed by atoms with Crippen molar-refractivity contribution >= 4 is 16.8 Å². The maximum absolute atomic E-state index is 11.9. The molecule has 0 aliphatic rings. The van der Waals surface area contributed by atoms with E-state index < -0.39 is 18.2 Å². The third-order valence-corrected chi connectivity index (χ3v) is 3.44. The number of nitrogens with two attached hydrogens (primary N) is 1. The Morgan fingerprint density at radius 3 is 2.90 bits per heavy atom. The van der Waals surface area contributed by atoms with E-state index in [0.717, 1.165) is 16.5 Å². The van der Waals surface area contributed by atoms with Gasteiger partial charge in [0, 0.05) is 23.6 Å². The first-order valence-electron chi connectivity index (χ1n) is 6.84. The number of para-hydroxylation sites is 1. The normalized spacial score (nSPS) is 15.6. The lowest BCUT2D eigenvalue weighted by Crippen LogP contribution is -2.49. The summed E-state index contributed by atoms with van der Waals surface area (Å²) >= 11 is 0. The molecule has 114 valence electrons. The fraction of sp³-hybridized carbons (Fsp3) is 0.400. The van der Waals surface area contributed by atoms with E-state index in [0.29, 0.717) is 6.42 Å². The number of H-pyrrole nitrogens is 1. The third-order valence-electron chi connectivity index (χ3n) is 3.44. The summed E-state index contributed by atoms with van der Waals surface area (Å²) < 4.78 is 0. The molecule has 0 radical (unpaired) electrons. The number of aliphatic hydroxyl groups excluding tert-OH is 1. The van der Waals surface area contributed by atoms with Crippen molar-refractivity contribution in [2.24, 2.45) is 5.73 Å². The van der Waals surface area contributed by atoms with Crippen LogP contribution >= 0.6 is 0 Å². The van der Waals surface area contributed by atoms with Gasteiger partial charge in [-0.15, -0.1) is 0 Å². The van der Waals surface area contributed by atoms with Crippen LogP contribution in [0.15, 0.2) is 30.5 Å². The highest BCUT2D eigenvalue weighted by Crippen LogP contribution is 2.18. The summed E-state index contributed by atoms with van der Waals surface area (Å²) in [7, 11) is 0. The van der Waals surface area contributed by atoms with Gasteiger partial charge in [-0.1, -0.05) is 18.2 Å². The molecule has 1 unspecified atom stereocenters. The van der Waals surface area contributed by atoms with E-state index in [4.69, 9.17) is 10.8 Å². The number of hydrogen-bond acceptors (Lipinski definition) is 4. The maximum Gasteiger partial charge on any atom is 0.237 e. The minimum atomic E-state index is -1.34. The number of aromatic amines is 1. The quantitative estimate of drug-likeness (QED) is 0.511. The van der Waals surface area contributed by atoms with Crippen molar-refractivity contribution in [3.05, 3.63) is 36.0 Å². The fourth-order valence-corrected chi connectivity index (χ4v) is 2.09. The van der Waals surface area contributed by atoms with Crippen LogP contribution in [0.1, 0.15) is 12.5 Å². The Bertz CT molecular complexity index is 621. The van der Waals surface area contributed by atoms with Gasteiger partial charge in [0.05, 0.1) is 12.6 Å². The molecular weight excluding hydrogens is 270 g/mol. The fourth-order valence-electron chi connectivity index (χ4n) is 2.09. The number of carbonyl (C=O) groups excluding carboxylic acids is 1. The molecule has 2 atom stereocenters. The van der Waals surface area contributed by atoms with Crippen LogP contribution in [0.4, 0.5) is 0 Å². The lowest BCUT2D eigenvalue weighted by atomic mass is 10.0. The zero-order valence-corrected chi connectivity index (χ0v) is 12.0. The van der Waals surface area contributed by atoms with E-state index in [9.17, 15) is 9.90 Å². The summed E-state index contributed by atoms with van der Waals surface area (Å²) in [6, 6.07) is 7.10. The van der Waals surface area contributed by atoms with Crippen molar-refractivity contribution in [1.82, 2.24) is 10.3 Å². The molecule has 2 rings (SSSR count). The highest BCUT2D eigenvalue weighted by atomic mass is 16.3. The number of aromatic nitrogens is 1. The second-order valence-electron chi connectivity index (χ2n) is 5.54. The van der Waals surface area contributed by atoms with Crippen LogP contribution in [-0.2, 0) is 11.2 Å². The summed E-state index contributed by atoms with van der Waals surface area (Å²) in [5, 5.41) is 22.2. The predicted molar refractivity (Wildman–Crippen MR) is 80.7 cm³/mol. The highest BCUT2D eigenvalue weighted by molar-refractivity contribution is 5.86. The van der Waals surface area contributed by atoms with E-state index in [1.807, 2.05) is 30.5 Å². The van der Waals surface area contributed by atoms with Crippen LogP contribution in [0.3, 0.4) is 0 Å². The molecule has 6 N–H and O–H groups in total. The van der Waals surface area contributed by atoms with Gasteiger partial charge in [0.15, 0.2) is 0 Å². The van der Waals surface area contributed by atoms with E-state index in [-0.39, 0.29) is 12.5 Å². The summed E-state index contributed by atoms with van der Waals surface area (Å²) in [6.45, 7) is 0.980. The van der Waals surface area contributed by atoms with Crippen molar-refractivity contribution in [3.63, 3.8) is 0 Å². The van der Waals surface area contributed by atoms with Gasteiger partial charge < -0.3 is 26.2 Å². The number of fused-ring (bicyclic) bond motifs is 1. The number of amides is 1. The Balaban J connectivity index is 1.98. The summed E-state index contributed by atoms with van der Waals surface area (Å²) in [4.78, 5) is 15.1. The van der Waals surface area contributed by atoms with Crippen LogP contribution < -0.4 is 11.1 Å². The van der Waals surface area contributed by atoms with Crippen molar-refractivity contribution in [1.29, 1.82) is 0 Å². The van der Waals surface area contributed by atoms with Gasteiger partial charge in [-0.05, 0) is 25.0 Å². The Labute approximate surface area is 123 Å². The maximum atomic E-state index is 11.9. The largest absolute Gasteiger partial charge is 0.393 e.